The fraction of sp³-hybridized carbons (Fsp3) is 1.00. The Morgan fingerprint density at radius 3 is 1.80 bits per heavy atom. The van der Waals surface area contributed by atoms with Crippen LogP contribution in [0.1, 0.15) is 19.8 Å². The van der Waals surface area contributed by atoms with Crippen LogP contribution in [0.2, 0.25) is 0 Å². The maximum atomic E-state index is 9.16. The predicted molar refractivity (Wildman–Crippen MR) is 42.1 cm³/mol. The molecule has 0 aromatic carbocycles. The van der Waals surface area contributed by atoms with E-state index in [9.17, 15) is 0 Å². The van der Waals surface area contributed by atoms with Gasteiger partial charge in [0, 0.05) is 0 Å². The van der Waals surface area contributed by atoms with Gasteiger partial charge in [0.2, 0.25) is 0 Å². The van der Waals surface area contributed by atoms with E-state index in [1.54, 1.807) is 0 Å². The van der Waals surface area contributed by atoms with Crippen LogP contribution in [-0.2, 0) is 24.2 Å². The van der Waals surface area contributed by atoms with E-state index < -0.39 is 19.3 Å². The smallest absolute Gasteiger partial charge is 0.761 e. The Morgan fingerprint density at radius 2 is 1.73 bits per heavy atom. The molecular weight excluding hydrogens is 270 g/mol. The van der Waals surface area contributed by atoms with Crippen molar-refractivity contribution in [1.82, 2.24) is 0 Å². The van der Waals surface area contributed by atoms with Crippen molar-refractivity contribution < 1.29 is 91.0 Å². The van der Waals surface area contributed by atoms with Crippen molar-refractivity contribution in [2.75, 3.05) is 6.61 Å². The van der Waals surface area contributed by atoms with E-state index in [1.807, 2.05) is 6.92 Å². The van der Waals surface area contributed by atoms with E-state index in [1.165, 1.54) is 0 Å². The first-order valence-corrected chi connectivity index (χ1v) is 6.18. The van der Waals surface area contributed by atoms with Crippen LogP contribution in [0.5, 0.6) is 0 Å². The van der Waals surface area contributed by atoms with Crippen molar-refractivity contribution in [2.45, 2.75) is 19.8 Å². The molecule has 0 aliphatic rings. The van der Waals surface area contributed by atoms with Crippen LogP contribution in [-0.4, -0.2) is 33.6 Å². The summed E-state index contributed by atoms with van der Waals surface area (Å²) in [5, 5.41) is 7.70. The maximum Gasteiger partial charge on any atom is 1.00 e. The minimum absolute atomic E-state index is 0. The molecule has 0 saturated heterocycles. The molecule has 0 rings (SSSR count). The predicted octanol–water partition coefficient (Wildman–Crippen LogP) is -6.39. The number of unbranched alkanes of at least 4 members (excludes halogenated alkanes) is 1. The van der Waals surface area contributed by atoms with Gasteiger partial charge in [0.15, 0.2) is 9.15 Å². The van der Waals surface area contributed by atoms with Crippen molar-refractivity contribution in [1.29, 1.82) is 0 Å². The first kappa shape index (κ1) is 25.7. The van der Waals surface area contributed by atoms with Gasteiger partial charge in [-0.15, -0.1) is 0 Å². The molecule has 0 aliphatic carbocycles. The van der Waals surface area contributed by atoms with Gasteiger partial charge in [0.05, 0.1) is 16.7 Å². The fourth-order valence-electron chi connectivity index (χ4n) is 0.209. The van der Waals surface area contributed by atoms with E-state index in [0.29, 0.717) is 6.61 Å². The van der Waals surface area contributed by atoms with E-state index in [2.05, 4.69) is 4.89 Å². The molecule has 0 radical (unpaired) electrons. The summed E-state index contributed by atoms with van der Waals surface area (Å²) in [6.07, 6.45) is 2.01. The summed E-state index contributed by atoms with van der Waals surface area (Å²) in [6.45, 7) is 2.51. The molecule has 0 amide bonds. The number of hydrogen-bond donors (Lipinski definition) is 1. The molecule has 7 nitrogen and oxygen atoms in total. The number of hydrogen-bond acceptors (Lipinski definition) is 7. The van der Waals surface area contributed by atoms with Gasteiger partial charge in [0.1, 0.15) is 0 Å². The molecule has 15 heavy (non-hydrogen) atoms. The topological polar surface area (TPSA) is 127 Å². The summed E-state index contributed by atoms with van der Waals surface area (Å²) < 4.78 is 45.7. The summed E-state index contributed by atoms with van der Waals surface area (Å²) in [7, 11) is -8.59. The van der Waals surface area contributed by atoms with E-state index in [0.717, 1.165) is 12.8 Å². The monoisotopic (exact) mass is 280 g/mol. The third kappa shape index (κ3) is 25.9. The zero-order valence-corrected chi connectivity index (χ0v) is 14.5. The Balaban J connectivity index is -0.0000000718. The van der Waals surface area contributed by atoms with Crippen LogP contribution in [0.4, 0.5) is 0 Å². The van der Waals surface area contributed by atoms with E-state index in [-0.39, 0.29) is 59.1 Å². The standard InChI is InChI=1S/C4H10O2.2Na.H2O5S2/c1-2-3-4-6-5;;;1-6(2)7(3,4)5/h5H,2-4H2,1H3;;;(H,1,2)(H,3,4,5)/q;2*+1;/p-2. The second-order valence-electron chi connectivity index (χ2n) is 1.80. The van der Waals surface area contributed by atoms with Crippen LogP contribution in [0, 0.1) is 0 Å². The minimum atomic E-state index is -5.07. The van der Waals surface area contributed by atoms with E-state index in [4.69, 9.17) is 27.0 Å². The first-order chi connectivity index (χ1) is 5.86. The average Bonchev–Trinajstić information content (AvgIpc) is 2.00. The summed E-state index contributed by atoms with van der Waals surface area (Å²) in [4.78, 5) is 3.78. The molecule has 0 spiro atoms. The van der Waals surface area contributed by atoms with Crippen LogP contribution < -0.4 is 59.1 Å². The normalized spacial score (nSPS) is 11.2. The zero-order chi connectivity index (χ0) is 10.9. The second kappa shape index (κ2) is 15.9. The van der Waals surface area contributed by atoms with Crippen LogP contribution in [0.25, 0.3) is 0 Å². The van der Waals surface area contributed by atoms with Gasteiger partial charge in [-0.2, -0.15) is 0 Å². The molecule has 0 heterocycles. The van der Waals surface area contributed by atoms with Gasteiger partial charge in [0.25, 0.3) is 0 Å². The summed E-state index contributed by atoms with van der Waals surface area (Å²) in [6, 6.07) is 0. The van der Waals surface area contributed by atoms with Crippen molar-refractivity contribution in [3.8, 4) is 0 Å². The van der Waals surface area contributed by atoms with Crippen molar-refractivity contribution in [3.05, 3.63) is 0 Å². The maximum absolute atomic E-state index is 9.16. The van der Waals surface area contributed by atoms with Gasteiger partial charge < -0.3 is 9.11 Å². The Bertz CT molecular complexity index is 225. The molecule has 82 valence electrons. The quantitative estimate of drug-likeness (QED) is 0.103. The Labute approximate surface area is 135 Å². The molecule has 0 aromatic rings. The Morgan fingerprint density at radius 1 is 1.40 bits per heavy atom. The molecule has 1 atom stereocenters. The van der Waals surface area contributed by atoms with Gasteiger partial charge in [-0.1, -0.05) is 13.3 Å². The fourth-order valence-corrected chi connectivity index (χ4v) is 0.209. The molecule has 11 heteroatoms. The van der Waals surface area contributed by atoms with Gasteiger partial charge in [-0.25, -0.2) is 13.3 Å². The SMILES string of the molecule is CCCCOO.O=S([O-])S(=O)(=O)[O-].[Na+].[Na+]. The summed E-state index contributed by atoms with van der Waals surface area (Å²) in [5.74, 6) is 0. The zero-order valence-electron chi connectivity index (χ0n) is 8.83. The van der Waals surface area contributed by atoms with Crippen molar-refractivity contribution >= 4 is 19.3 Å². The van der Waals surface area contributed by atoms with Crippen molar-refractivity contribution in [2.24, 2.45) is 0 Å². The summed E-state index contributed by atoms with van der Waals surface area (Å²) >= 11 is 0. The molecular formula is C4H10Na2O7S2. The van der Waals surface area contributed by atoms with Crippen LogP contribution in [0.15, 0.2) is 0 Å². The molecule has 0 aromatic heterocycles. The van der Waals surface area contributed by atoms with Crippen LogP contribution >= 0.6 is 0 Å². The first-order valence-electron chi connectivity index (χ1n) is 3.18. The van der Waals surface area contributed by atoms with Gasteiger partial charge in [-0.05, 0) is 6.42 Å². The largest absolute Gasteiger partial charge is 1.00 e. The molecule has 0 aliphatic heterocycles. The third-order valence-corrected chi connectivity index (χ3v) is 2.09. The summed E-state index contributed by atoms with van der Waals surface area (Å²) in [5.41, 5.74) is 0. The average molecular weight is 280 g/mol. The van der Waals surface area contributed by atoms with Gasteiger partial charge in [-0.3, -0.25) is 9.47 Å². The molecule has 0 bridgehead atoms. The van der Waals surface area contributed by atoms with Crippen LogP contribution in [0.3, 0.4) is 0 Å². The molecule has 1 N–H and O–H groups in total. The molecule has 0 fully saturated rings. The van der Waals surface area contributed by atoms with E-state index >= 15 is 0 Å². The van der Waals surface area contributed by atoms with Crippen molar-refractivity contribution in [3.63, 3.8) is 0 Å². The Kier molecular flexibility index (Phi) is 27.3. The molecule has 0 saturated carbocycles. The minimum Gasteiger partial charge on any atom is -0.761 e. The second-order valence-corrected chi connectivity index (χ2v) is 5.07. The number of rotatable bonds is 4. The third-order valence-electron chi connectivity index (χ3n) is 0.756. The Hall–Kier alpha value is 1.94. The molecule has 1 unspecified atom stereocenters. The van der Waals surface area contributed by atoms with Gasteiger partial charge >= 0.3 is 59.1 Å².